The zero-order chi connectivity index (χ0) is 14.9. The van der Waals surface area contributed by atoms with Gasteiger partial charge in [0.05, 0.1) is 5.92 Å². The van der Waals surface area contributed by atoms with Gasteiger partial charge in [-0.1, -0.05) is 56.5 Å². The molecule has 0 aromatic heterocycles. The highest BCUT2D eigenvalue weighted by molar-refractivity contribution is 5.72. The van der Waals surface area contributed by atoms with E-state index in [0.717, 1.165) is 18.0 Å². The number of carbonyl (C=O) groups excluding carboxylic acids is 1. The van der Waals surface area contributed by atoms with Crippen molar-refractivity contribution < 1.29 is 9.53 Å². The molecule has 1 aliphatic carbocycles. The molecule has 1 saturated carbocycles. The Kier molecular flexibility index (Phi) is 6.74. The summed E-state index contributed by atoms with van der Waals surface area (Å²) in [5.41, 5.74) is 1.04. The fourth-order valence-electron chi connectivity index (χ4n) is 2.85. The first-order valence-electron chi connectivity index (χ1n) is 8.17. The van der Waals surface area contributed by atoms with Crippen LogP contribution < -0.4 is 5.32 Å². The molecule has 3 nitrogen and oxygen atoms in total. The third-order valence-electron chi connectivity index (χ3n) is 4.23. The second-order valence-corrected chi connectivity index (χ2v) is 6.16. The van der Waals surface area contributed by atoms with Crippen molar-refractivity contribution in [3.63, 3.8) is 0 Å². The molecule has 3 heteroatoms. The smallest absolute Gasteiger partial charge is 0.310 e. The highest BCUT2D eigenvalue weighted by Gasteiger charge is 2.16. The maximum Gasteiger partial charge on any atom is 0.310 e. The van der Waals surface area contributed by atoms with Crippen molar-refractivity contribution in [3.05, 3.63) is 35.9 Å². The average molecular weight is 289 g/mol. The van der Waals surface area contributed by atoms with Crippen LogP contribution in [-0.4, -0.2) is 19.1 Å². The molecule has 0 saturated heterocycles. The normalized spacial score (nSPS) is 17.4. The van der Waals surface area contributed by atoms with Crippen molar-refractivity contribution in [2.24, 2.45) is 11.8 Å². The summed E-state index contributed by atoms with van der Waals surface area (Å²) in [5.74, 6) is 0.596. The van der Waals surface area contributed by atoms with Gasteiger partial charge >= 0.3 is 5.97 Å². The van der Waals surface area contributed by atoms with Gasteiger partial charge in [-0.2, -0.15) is 0 Å². The summed E-state index contributed by atoms with van der Waals surface area (Å²) < 4.78 is 5.35. The molecule has 1 aromatic rings. The first-order chi connectivity index (χ1) is 10.3. The van der Waals surface area contributed by atoms with Gasteiger partial charge in [-0.05, 0) is 30.9 Å². The lowest BCUT2D eigenvalue weighted by Gasteiger charge is -2.22. The third kappa shape index (κ3) is 5.88. The number of rotatable bonds is 7. The van der Waals surface area contributed by atoms with Gasteiger partial charge in [0.2, 0.25) is 0 Å². The highest BCUT2D eigenvalue weighted by Crippen LogP contribution is 2.22. The average Bonchev–Trinajstić information content (AvgIpc) is 2.54. The summed E-state index contributed by atoms with van der Waals surface area (Å²) in [5, 5.41) is 3.43. The van der Waals surface area contributed by atoms with Crippen LogP contribution in [0.1, 0.15) is 44.6 Å². The Labute approximate surface area is 128 Å². The molecule has 116 valence electrons. The van der Waals surface area contributed by atoms with Crippen LogP contribution in [0.15, 0.2) is 30.3 Å². The van der Waals surface area contributed by atoms with E-state index in [2.05, 4.69) is 5.32 Å². The molecule has 1 aromatic carbocycles. The predicted molar refractivity (Wildman–Crippen MR) is 84.8 cm³/mol. The van der Waals surface area contributed by atoms with E-state index in [9.17, 15) is 4.79 Å². The van der Waals surface area contributed by atoms with E-state index in [4.69, 9.17) is 4.74 Å². The maximum absolute atomic E-state index is 11.9. The van der Waals surface area contributed by atoms with Gasteiger partial charge in [-0.15, -0.1) is 0 Å². The van der Waals surface area contributed by atoms with Gasteiger partial charge in [-0.3, -0.25) is 4.79 Å². The first-order valence-corrected chi connectivity index (χ1v) is 8.17. The number of hydrogen-bond acceptors (Lipinski definition) is 3. The topological polar surface area (TPSA) is 38.3 Å². The van der Waals surface area contributed by atoms with Crippen LogP contribution in [0, 0.1) is 11.8 Å². The number of esters is 1. The minimum Gasteiger partial charge on any atom is -0.461 e. The Morgan fingerprint density at radius 2 is 1.95 bits per heavy atom. The molecule has 1 atom stereocenters. The molecule has 1 N–H and O–H groups in total. The number of ether oxygens (including phenoxy) is 1. The fraction of sp³-hybridized carbons (Fsp3) is 0.611. The van der Waals surface area contributed by atoms with Gasteiger partial charge in [0.15, 0.2) is 0 Å². The SMILES string of the molecule is CC(CNCC1CCCCC1)C(=O)OCc1ccccc1. The lowest BCUT2D eigenvalue weighted by molar-refractivity contribution is -0.149. The van der Waals surface area contributed by atoms with Gasteiger partial charge in [-0.25, -0.2) is 0 Å². The van der Waals surface area contributed by atoms with E-state index < -0.39 is 0 Å². The Morgan fingerprint density at radius 3 is 2.67 bits per heavy atom. The maximum atomic E-state index is 11.9. The summed E-state index contributed by atoms with van der Waals surface area (Å²) in [6, 6.07) is 9.82. The summed E-state index contributed by atoms with van der Waals surface area (Å²) in [7, 11) is 0. The molecule has 0 radical (unpaired) electrons. The van der Waals surface area contributed by atoms with Crippen LogP contribution in [-0.2, 0) is 16.1 Å². The Morgan fingerprint density at radius 1 is 1.24 bits per heavy atom. The van der Waals surface area contributed by atoms with Gasteiger partial charge in [0, 0.05) is 6.54 Å². The molecule has 0 heterocycles. The molecule has 1 fully saturated rings. The van der Waals surface area contributed by atoms with E-state index in [1.165, 1.54) is 32.1 Å². The zero-order valence-corrected chi connectivity index (χ0v) is 13.0. The minimum atomic E-state index is -0.116. The second kappa shape index (κ2) is 8.83. The van der Waals surface area contributed by atoms with Gasteiger partial charge in [0.25, 0.3) is 0 Å². The minimum absolute atomic E-state index is 0.0858. The predicted octanol–water partition coefficient (Wildman–Crippen LogP) is 3.54. The summed E-state index contributed by atoms with van der Waals surface area (Å²) in [4.78, 5) is 11.9. The van der Waals surface area contributed by atoms with Crippen LogP contribution in [0.2, 0.25) is 0 Å². The summed E-state index contributed by atoms with van der Waals surface area (Å²) in [6.07, 6.45) is 6.78. The van der Waals surface area contributed by atoms with Crippen LogP contribution in [0.3, 0.4) is 0 Å². The molecule has 1 aliphatic rings. The van der Waals surface area contributed by atoms with E-state index in [-0.39, 0.29) is 11.9 Å². The Balaban J connectivity index is 1.60. The Bertz CT molecular complexity index is 412. The van der Waals surface area contributed by atoms with E-state index in [0.29, 0.717) is 13.2 Å². The van der Waals surface area contributed by atoms with Gasteiger partial charge in [0.1, 0.15) is 6.61 Å². The first kappa shape index (κ1) is 16.0. The Hall–Kier alpha value is -1.35. The van der Waals surface area contributed by atoms with E-state index >= 15 is 0 Å². The standard InChI is InChI=1S/C18H27NO2/c1-15(12-19-13-16-8-4-2-5-9-16)18(20)21-14-17-10-6-3-7-11-17/h3,6-7,10-11,15-16,19H,2,4-5,8-9,12-14H2,1H3. The van der Waals surface area contributed by atoms with Crippen LogP contribution in [0.25, 0.3) is 0 Å². The molecule has 0 bridgehead atoms. The van der Waals surface area contributed by atoms with Crippen molar-refractivity contribution >= 4 is 5.97 Å². The summed E-state index contributed by atoms with van der Waals surface area (Å²) in [6.45, 7) is 4.05. The number of benzene rings is 1. The lowest BCUT2D eigenvalue weighted by Crippen LogP contribution is -2.32. The molecular weight excluding hydrogens is 262 g/mol. The second-order valence-electron chi connectivity index (χ2n) is 6.16. The molecule has 21 heavy (non-hydrogen) atoms. The van der Waals surface area contributed by atoms with Crippen molar-refractivity contribution in [1.29, 1.82) is 0 Å². The summed E-state index contributed by atoms with van der Waals surface area (Å²) >= 11 is 0. The van der Waals surface area contributed by atoms with Crippen molar-refractivity contribution in [3.8, 4) is 0 Å². The third-order valence-corrected chi connectivity index (χ3v) is 4.23. The lowest BCUT2D eigenvalue weighted by atomic mass is 9.89. The zero-order valence-electron chi connectivity index (χ0n) is 13.0. The quantitative estimate of drug-likeness (QED) is 0.780. The molecule has 0 aliphatic heterocycles. The number of carbonyl (C=O) groups is 1. The molecule has 0 spiro atoms. The number of nitrogens with one attached hydrogen (secondary N) is 1. The van der Waals surface area contributed by atoms with Crippen LogP contribution in [0.4, 0.5) is 0 Å². The molecular formula is C18H27NO2. The van der Waals surface area contributed by atoms with Gasteiger partial charge < -0.3 is 10.1 Å². The van der Waals surface area contributed by atoms with Crippen LogP contribution >= 0.6 is 0 Å². The van der Waals surface area contributed by atoms with Crippen LogP contribution in [0.5, 0.6) is 0 Å². The molecule has 1 unspecified atom stereocenters. The monoisotopic (exact) mass is 289 g/mol. The molecule has 2 rings (SSSR count). The fourth-order valence-corrected chi connectivity index (χ4v) is 2.85. The van der Waals surface area contributed by atoms with Crippen molar-refractivity contribution in [2.75, 3.05) is 13.1 Å². The van der Waals surface area contributed by atoms with Crippen molar-refractivity contribution in [1.82, 2.24) is 5.32 Å². The largest absolute Gasteiger partial charge is 0.461 e. The van der Waals surface area contributed by atoms with E-state index in [1.54, 1.807) is 0 Å². The highest BCUT2D eigenvalue weighted by atomic mass is 16.5. The van der Waals surface area contributed by atoms with E-state index in [1.807, 2.05) is 37.3 Å². The molecule has 0 amide bonds. The van der Waals surface area contributed by atoms with Crippen molar-refractivity contribution in [2.45, 2.75) is 45.6 Å². The number of hydrogen-bond donors (Lipinski definition) is 1.